The van der Waals surface area contributed by atoms with Crippen LogP contribution in [0, 0.1) is 13.8 Å². The minimum atomic E-state index is -0.199. The van der Waals surface area contributed by atoms with Crippen molar-refractivity contribution < 1.29 is 14.1 Å². The average Bonchev–Trinajstić information content (AvgIpc) is 2.88. The number of likely N-dealkylation sites (tertiary alicyclic amines) is 1. The predicted octanol–water partition coefficient (Wildman–Crippen LogP) is 0.460. The minimum absolute atomic E-state index is 0.0576. The highest BCUT2D eigenvalue weighted by molar-refractivity contribution is 5.81. The number of nitrogens with zero attached hydrogens (tertiary/aromatic N) is 3. The van der Waals surface area contributed by atoms with Crippen molar-refractivity contribution in [2.24, 2.45) is 0 Å². The number of amides is 3. The van der Waals surface area contributed by atoms with Gasteiger partial charge in [0.25, 0.3) is 0 Å². The fourth-order valence-electron chi connectivity index (χ4n) is 3.11. The van der Waals surface area contributed by atoms with Crippen LogP contribution in [-0.2, 0) is 11.2 Å². The second kappa shape index (κ2) is 4.75. The molecule has 0 atom stereocenters. The summed E-state index contributed by atoms with van der Waals surface area (Å²) < 4.78 is 5.10. The third-order valence-corrected chi connectivity index (χ3v) is 4.68. The lowest BCUT2D eigenvalue weighted by Crippen LogP contribution is -2.70. The van der Waals surface area contributed by atoms with Crippen molar-refractivity contribution in [3.8, 4) is 0 Å². The minimum Gasteiger partial charge on any atom is -0.361 e. The van der Waals surface area contributed by atoms with Crippen LogP contribution in [0.4, 0.5) is 4.79 Å². The lowest BCUT2D eigenvalue weighted by molar-refractivity contribution is -0.141. The molecule has 1 aromatic rings. The van der Waals surface area contributed by atoms with Gasteiger partial charge in [0.15, 0.2) is 0 Å². The third kappa shape index (κ3) is 2.16. The first-order valence-corrected chi connectivity index (χ1v) is 7.14. The first kappa shape index (κ1) is 13.9. The Morgan fingerprint density at radius 2 is 2.14 bits per heavy atom. The molecule has 1 N–H and O–H groups in total. The van der Waals surface area contributed by atoms with E-state index in [1.165, 1.54) is 0 Å². The van der Waals surface area contributed by atoms with Crippen LogP contribution in [0.1, 0.15) is 23.4 Å². The SMILES string of the molecule is Cc1noc(C)c1CCC(=O)N1CC2(CNC(=O)N2C)C1. The van der Waals surface area contributed by atoms with E-state index in [0.29, 0.717) is 32.5 Å². The summed E-state index contributed by atoms with van der Waals surface area (Å²) in [4.78, 5) is 27.3. The molecule has 0 aromatic carbocycles. The maximum absolute atomic E-state index is 12.2. The van der Waals surface area contributed by atoms with E-state index in [9.17, 15) is 9.59 Å². The molecule has 7 nitrogen and oxygen atoms in total. The molecule has 1 spiro atoms. The molecular formula is C14H20N4O3. The van der Waals surface area contributed by atoms with E-state index >= 15 is 0 Å². The second-order valence-corrected chi connectivity index (χ2v) is 5.99. The number of aromatic nitrogens is 1. The molecule has 3 amide bonds. The van der Waals surface area contributed by atoms with Crippen LogP contribution in [0.15, 0.2) is 4.52 Å². The summed E-state index contributed by atoms with van der Waals surface area (Å²) in [5, 5.41) is 6.72. The molecule has 3 rings (SSSR count). The number of nitrogens with one attached hydrogen (secondary N) is 1. The summed E-state index contributed by atoms with van der Waals surface area (Å²) in [7, 11) is 1.79. The molecule has 7 heteroatoms. The highest BCUT2D eigenvalue weighted by Crippen LogP contribution is 2.30. The van der Waals surface area contributed by atoms with Gasteiger partial charge in [0.05, 0.1) is 11.2 Å². The molecule has 0 unspecified atom stereocenters. The van der Waals surface area contributed by atoms with E-state index in [0.717, 1.165) is 17.0 Å². The highest BCUT2D eigenvalue weighted by atomic mass is 16.5. The van der Waals surface area contributed by atoms with Crippen LogP contribution in [-0.4, -0.2) is 59.1 Å². The monoisotopic (exact) mass is 292 g/mol. The van der Waals surface area contributed by atoms with Crippen LogP contribution in [0.5, 0.6) is 0 Å². The molecular weight excluding hydrogens is 272 g/mol. The smallest absolute Gasteiger partial charge is 0.317 e. The number of hydrogen-bond donors (Lipinski definition) is 1. The number of rotatable bonds is 3. The molecule has 0 aliphatic carbocycles. The Morgan fingerprint density at radius 1 is 1.43 bits per heavy atom. The van der Waals surface area contributed by atoms with Gasteiger partial charge in [0.1, 0.15) is 5.76 Å². The van der Waals surface area contributed by atoms with Crippen molar-refractivity contribution in [2.45, 2.75) is 32.2 Å². The zero-order chi connectivity index (χ0) is 15.2. The normalized spacial score (nSPS) is 19.9. The molecule has 0 radical (unpaired) electrons. The molecule has 114 valence electrons. The largest absolute Gasteiger partial charge is 0.361 e. The maximum atomic E-state index is 12.2. The van der Waals surface area contributed by atoms with Crippen LogP contribution < -0.4 is 5.32 Å². The second-order valence-electron chi connectivity index (χ2n) is 5.99. The molecule has 2 aliphatic rings. The number of hydrogen-bond acceptors (Lipinski definition) is 4. The van der Waals surface area contributed by atoms with E-state index in [1.807, 2.05) is 18.7 Å². The number of aryl methyl sites for hydroxylation is 2. The summed E-state index contributed by atoms with van der Waals surface area (Å²) in [6, 6.07) is -0.0576. The number of carbonyl (C=O) groups excluding carboxylic acids is 2. The molecule has 21 heavy (non-hydrogen) atoms. The Labute approximate surface area is 123 Å². The van der Waals surface area contributed by atoms with Crippen molar-refractivity contribution in [1.82, 2.24) is 20.3 Å². The summed E-state index contributed by atoms with van der Waals surface area (Å²) in [6.07, 6.45) is 1.10. The van der Waals surface area contributed by atoms with Crippen molar-refractivity contribution in [1.29, 1.82) is 0 Å². The van der Waals surface area contributed by atoms with E-state index in [-0.39, 0.29) is 17.5 Å². The lowest BCUT2D eigenvalue weighted by atomic mass is 9.89. The molecule has 3 heterocycles. The van der Waals surface area contributed by atoms with Crippen molar-refractivity contribution in [2.75, 3.05) is 26.7 Å². The molecule has 0 bridgehead atoms. The van der Waals surface area contributed by atoms with Gasteiger partial charge < -0.3 is 19.6 Å². The average molecular weight is 292 g/mol. The Bertz CT molecular complexity index is 570. The molecule has 1 aromatic heterocycles. The maximum Gasteiger partial charge on any atom is 0.317 e. The van der Waals surface area contributed by atoms with Gasteiger partial charge in [0.2, 0.25) is 5.91 Å². The first-order valence-electron chi connectivity index (χ1n) is 7.14. The van der Waals surface area contributed by atoms with Crippen LogP contribution in [0.25, 0.3) is 0 Å². The summed E-state index contributed by atoms with van der Waals surface area (Å²) in [5.41, 5.74) is 1.68. The molecule has 0 saturated carbocycles. The topological polar surface area (TPSA) is 78.7 Å². The van der Waals surface area contributed by atoms with Gasteiger partial charge in [-0.2, -0.15) is 0 Å². The molecule has 2 saturated heterocycles. The van der Waals surface area contributed by atoms with Crippen molar-refractivity contribution >= 4 is 11.9 Å². The predicted molar refractivity (Wildman–Crippen MR) is 74.8 cm³/mol. The standard InChI is InChI=1S/C14H20N4O3/c1-9-11(10(2)21-16-9)4-5-12(19)18-7-14(8-18)6-15-13(20)17(14)3/h4-8H2,1-3H3,(H,15,20). The van der Waals surface area contributed by atoms with Gasteiger partial charge >= 0.3 is 6.03 Å². The van der Waals surface area contributed by atoms with E-state index in [1.54, 1.807) is 11.9 Å². The van der Waals surface area contributed by atoms with Crippen molar-refractivity contribution in [3.63, 3.8) is 0 Å². The third-order valence-electron chi connectivity index (χ3n) is 4.68. The Hall–Kier alpha value is -2.05. The molecule has 2 aliphatic heterocycles. The fourth-order valence-corrected chi connectivity index (χ4v) is 3.11. The molecule has 2 fully saturated rings. The Morgan fingerprint density at radius 3 is 2.67 bits per heavy atom. The van der Waals surface area contributed by atoms with E-state index in [4.69, 9.17) is 4.52 Å². The van der Waals surface area contributed by atoms with E-state index < -0.39 is 0 Å². The first-order chi connectivity index (χ1) is 9.93. The fraction of sp³-hybridized carbons (Fsp3) is 0.643. The number of likely N-dealkylation sites (N-methyl/N-ethyl adjacent to an activating group) is 1. The summed E-state index contributed by atoms with van der Waals surface area (Å²) in [6.45, 7) is 5.60. The van der Waals surface area contributed by atoms with Gasteiger partial charge in [-0.1, -0.05) is 5.16 Å². The lowest BCUT2D eigenvalue weighted by Gasteiger charge is -2.50. The highest BCUT2D eigenvalue weighted by Gasteiger charge is 2.53. The van der Waals surface area contributed by atoms with Gasteiger partial charge in [-0.15, -0.1) is 0 Å². The van der Waals surface area contributed by atoms with Crippen molar-refractivity contribution in [3.05, 3.63) is 17.0 Å². The number of carbonyl (C=O) groups is 2. The van der Waals surface area contributed by atoms with Crippen LogP contribution in [0.3, 0.4) is 0 Å². The van der Waals surface area contributed by atoms with E-state index in [2.05, 4.69) is 10.5 Å². The summed E-state index contributed by atoms with van der Waals surface area (Å²) in [5.74, 6) is 0.902. The van der Waals surface area contributed by atoms with Gasteiger partial charge in [-0.3, -0.25) is 4.79 Å². The zero-order valence-electron chi connectivity index (χ0n) is 12.6. The quantitative estimate of drug-likeness (QED) is 0.878. The van der Waals surface area contributed by atoms with Gasteiger partial charge in [-0.05, 0) is 20.3 Å². The summed E-state index contributed by atoms with van der Waals surface area (Å²) >= 11 is 0. The number of urea groups is 1. The van der Waals surface area contributed by atoms with Crippen LogP contribution >= 0.6 is 0 Å². The van der Waals surface area contributed by atoms with Gasteiger partial charge in [0, 0.05) is 38.7 Å². The Balaban J connectivity index is 1.54. The van der Waals surface area contributed by atoms with Gasteiger partial charge in [-0.25, -0.2) is 4.79 Å². The Kier molecular flexibility index (Phi) is 3.15. The zero-order valence-corrected chi connectivity index (χ0v) is 12.6. The van der Waals surface area contributed by atoms with Crippen LogP contribution in [0.2, 0.25) is 0 Å².